The first kappa shape index (κ1) is 14.9. The molecule has 1 aromatic heterocycles. The van der Waals surface area contributed by atoms with E-state index in [4.69, 9.17) is 4.74 Å². The van der Waals surface area contributed by atoms with Gasteiger partial charge in [0, 0.05) is 11.1 Å². The molecule has 114 valence electrons. The fourth-order valence-corrected chi connectivity index (χ4v) is 2.26. The van der Waals surface area contributed by atoms with Crippen molar-refractivity contribution in [1.82, 2.24) is 9.97 Å². The van der Waals surface area contributed by atoms with Gasteiger partial charge in [-0.1, -0.05) is 42.0 Å². The first-order valence-electron chi connectivity index (χ1n) is 7.25. The number of carbonyl (C=O) groups excluding carboxylic acids is 1. The zero-order chi connectivity index (χ0) is 16.2. The number of rotatable bonds is 3. The first-order valence-corrected chi connectivity index (χ1v) is 7.25. The van der Waals surface area contributed by atoms with E-state index in [0.717, 1.165) is 22.5 Å². The highest BCUT2D eigenvalue weighted by Crippen LogP contribution is 2.22. The van der Waals surface area contributed by atoms with E-state index < -0.39 is 0 Å². The molecule has 3 aromatic rings. The number of hydrogen-bond acceptors (Lipinski definition) is 4. The second-order valence-corrected chi connectivity index (χ2v) is 5.22. The van der Waals surface area contributed by atoms with Crippen LogP contribution in [-0.4, -0.2) is 23.0 Å². The van der Waals surface area contributed by atoms with Crippen LogP contribution in [0.4, 0.5) is 0 Å². The van der Waals surface area contributed by atoms with Gasteiger partial charge in [-0.15, -0.1) is 0 Å². The molecule has 23 heavy (non-hydrogen) atoms. The Kier molecular flexibility index (Phi) is 4.15. The molecule has 3 rings (SSSR count). The number of aryl methyl sites for hydroxylation is 1. The summed E-state index contributed by atoms with van der Waals surface area (Å²) in [5, 5.41) is 0. The van der Waals surface area contributed by atoms with Crippen molar-refractivity contribution in [3.8, 4) is 22.5 Å². The molecule has 0 saturated heterocycles. The molecule has 0 fully saturated rings. The lowest BCUT2D eigenvalue weighted by Crippen LogP contribution is -2.00. The minimum absolute atomic E-state index is 0.351. The van der Waals surface area contributed by atoms with Crippen LogP contribution < -0.4 is 0 Å². The Balaban J connectivity index is 1.93. The zero-order valence-corrected chi connectivity index (χ0v) is 13.0. The fourth-order valence-electron chi connectivity index (χ4n) is 2.26. The highest BCUT2D eigenvalue weighted by Gasteiger charge is 2.07. The highest BCUT2D eigenvalue weighted by atomic mass is 16.5. The summed E-state index contributed by atoms with van der Waals surface area (Å²) in [7, 11) is 1.37. The van der Waals surface area contributed by atoms with Gasteiger partial charge in [0.2, 0.25) is 0 Å². The fraction of sp³-hybridized carbons (Fsp3) is 0.105. The van der Waals surface area contributed by atoms with Gasteiger partial charge in [0.25, 0.3) is 0 Å². The van der Waals surface area contributed by atoms with Crippen LogP contribution >= 0.6 is 0 Å². The van der Waals surface area contributed by atoms with Gasteiger partial charge >= 0.3 is 5.97 Å². The third kappa shape index (κ3) is 3.26. The van der Waals surface area contributed by atoms with Crippen LogP contribution in [0.5, 0.6) is 0 Å². The number of methoxy groups -OCH3 is 1. The Morgan fingerprint density at radius 2 is 1.39 bits per heavy atom. The molecular weight excluding hydrogens is 288 g/mol. The molecule has 0 amide bonds. The van der Waals surface area contributed by atoms with Crippen LogP contribution in [0.1, 0.15) is 15.9 Å². The van der Waals surface area contributed by atoms with Gasteiger partial charge in [-0.05, 0) is 19.1 Å². The molecule has 0 radical (unpaired) electrons. The van der Waals surface area contributed by atoms with Crippen LogP contribution in [0.15, 0.2) is 60.9 Å². The monoisotopic (exact) mass is 304 g/mol. The molecule has 0 atom stereocenters. The Morgan fingerprint density at radius 3 is 1.91 bits per heavy atom. The number of esters is 1. The van der Waals surface area contributed by atoms with Crippen molar-refractivity contribution in [3.63, 3.8) is 0 Å². The van der Waals surface area contributed by atoms with Crippen LogP contribution in [-0.2, 0) is 4.74 Å². The zero-order valence-electron chi connectivity index (χ0n) is 13.0. The Morgan fingerprint density at radius 1 is 0.870 bits per heavy atom. The summed E-state index contributed by atoms with van der Waals surface area (Å²) in [5.41, 5.74) is 5.23. The van der Waals surface area contributed by atoms with Gasteiger partial charge in [0.05, 0.1) is 36.5 Å². The van der Waals surface area contributed by atoms with E-state index in [2.05, 4.69) is 29.0 Å². The van der Waals surface area contributed by atoms with Crippen molar-refractivity contribution in [3.05, 3.63) is 72.1 Å². The smallest absolute Gasteiger partial charge is 0.337 e. The van der Waals surface area contributed by atoms with Crippen molar-refractivity contribution in [2.75, 3.05) is 7.11 Å². The second kappa shape index (κ2) is 6.40. The van der Waals surface area contributed by atoms with E-state index in [-0.39, 0.29) is 5.97 Å². The summed E-state index contributed by atoms with van der Waals surface area (Å²) in [6, 6.07) is 15.3. The number of nitrogens with zero attached hydrogens (tertiary/aromatic N) is 2. The van der Waals surface area contributed by atoms with Crippen LogP contribution in [0.25, 0.3) is 22.5 Å². The molecule has 0 N–H and O–H groups in total. The molecule has 0 aliphatic rings. The minimum Gasteiger partial charge on any atom is -0.465 e. The molecule has 1 heterocycles. The summed E-state index contributed by atoms with van der Waals surface area (Å²) in [6.45, 7) is 2.05. The SMILES string of the molecule is COC(=O)c1ccc(-c2cncc(-c3ccc(C)cc3)n2)cc1. The van der Waals surface area contributed by atoms with E-state index in [1.54, 1.807) is 24.5 Å². The van der Waals surface area contributed by atoms with Gasteiger partial charge in [0.15, 0.2) is 0 Å². The normalized spacial score (nSPS) is 10.3. The summed E-state index contributed by atoms with van der Waals surface area (Å²) in [6.07, 6.45) is 3.46. The summed E-state index contributed by atoms with van der Waals surface area (Å²) >= 11 is 0. The molecule has 4 heteroatoms. The van der Waals surface area contributed by atoms with Crippen molar-refractivity contribution >= 4 is 5.97 Å². The largest absolute Gasteiger partial charge is 0.465 e. The lowest BCUT2D eigenvalue weighted by molar-refractivity contribution is 0.0601. The molecule has 0 bridgehead atoms. The lowest BCUT2D eigenvalue weighted by Gasteiger charge is -2.06. The van der Waals surface area contributed by atoms with E-state index in [1.807, 2.05) is 24.3 Å². The summed E-state index contributed by atoms with van der Waals surface area (Å²) in [5.74, 6) is -0.351. The van der Waals surface area contributed by atoms with Crippen LogP contribution in [0.3, 0.4) is 0 Å². The lowest BCUT2D eigenvalue weighted by atomic mass is 10.1. The molecule has 0 aliphatic heterocycles. The van der Waals surface area contributed by atoms with Gasteiger partial charge in [-0.25, -0.2) is 9.78 Å². The van der Waals surface area contributed by atoms with E-state index in [0.29, 0.717) is 5.56 Å². The van der Waals surface area contributed by atoms with Crippen LogP contribution in [0, 0.1) is 6.92 Å². The molecular formula is C19H16N2O2. The second-order valence-electron chi connectivity index (χ2n) is 5.22. The van der Waals surface area contributed by atoms with Gasteiger partial charge in [-0.2, -0.15) is 0 Å². The number of carbonyl (C=O) groups is 1. The molecule has 2 aromatic carbocycles. The van der Waals surface area contributed by atoms with E-state index in [9.17, 15) is 4.79 Å². The van der Waals surface area contributed by atoms with Gasteiger partial charge in [-0.3, -0.25) is 4.98 Å². The molecule has 0 saturated carbocycles. The number of ether oxygens (including phenoxy) is 1. The maximum atomic E-state index is 11.5. The standard InChI is InChI=1S/C19H16N2O2/c1-13-3-5-14(6-4-13)17-11-20-12-18(21-17)15-7-9-16(10-8-15)19(22)23-2/h3-12H,1-2H3. The Labute approximate surface area is 134 Å². The third-order valence-corrected chi connectivity index (χ3v) is 3.58. The number of aromatic nitrogens is 2. The van der Waals surface area contributed by atoms with Crippen molar-refractivity contribution in [1.29, 1.82) is 0 Å². The molecule has 0 spiro atoms. The average Bonchev–Trinajstić information content (AvgIpc) is 2.62. The number of hydrogen-bond donors (Lipinski definition) is 0. The van der Waals surface area contributed by atoms with Gasteiger partial charge < -0.3 is 4.74 Å². The van der Waals surface area contributed by atoms with Crippen molar-refractivity contribution in [2.45, 2.75) is 6.92 Å². The Bertz CT molecular complexity index is 825. The van der Waals surface area contributed by atoms with Gasteiger partial charge in [0.1, 0.15) is 0 Å². The number of benzene rings is 2. The average molecular weight is 304 g/mol. The predicted molar refractivity (Wildman–Crippen MR) is 89.0 cm³/mol. The van der Waals surface area contributed by atoms with Crippen LogP contribution in [0.2, 0.25) is 0 Å². The molecule has 4 nitrogen and oxygen atoms in total. The quantitative estimate of drug-likeness (QED) is 0.688. The summed E-state index contributed by atoms with van der Waals surface area (Å²) in [4.78, 5) is 20.4. The molecule has 0 unspecified atom stereocenters. The maximum Gasteiger partial charge on any atom is 0.337 e. The molecule has 0 aliphatic carbocycles. The third-order valence-electron chi connectivity index (χ3n) is 3.58. The van der Waals surface area contributed by atoms with E-state index >= 15 is 0 Å². The highest BCUT2D eigenvalue weighted by molar-refractivity contribution is 5.89. The van der Waals surface area contributed by atoms with Crippen molar-refractivity contribution < 1.29 is 9.53 Å². The minimum atomic E-state index is -0.351. The predicted octanol–water partition coefficient (Wildman–Crippen LogP) is 3.91. The first-order chi connectivity index (χ1) is 11.2. The van der Waals surface area contributed by atoms with Crippen molar-refractivity contribution in [2.24, 2.45) is 0 Å². The maximum absolute atomic E-state index is 11.5. The topological polar surface area (TPSA) is 52.1 Å². The summed E-state index contributed by atoms with van der Waals surface area (Å²) < 4.78 is 4.70. The van der Waals surface area contributed by atoms with E-state index in [1.165, 1.54) is 12.7 Å². The Hall–Kier alpha value is -3.01.